The van der Waals surface area contributed by atoms with Gasteiger partial charge in [-0.05, 0) is 49.2 Å². The van der Waals surface area contributed by atoms with Crippen molar-refractivity contribution in [1.82, 2.24) is 0 Å². The van der Waals surface area contributed by atoms with E-state index in [-0.39, 0.29) is 0 Å². The molecule has 1 radical (unpaired) electrons. The van der Waals surface area contributed by atoms with Crippen LogP contribution >= 0.6 is 0 Å². The number of hydrogen-bond acceptors (Lipinski definition) is 0. The van der Waals surface area contributed by atoms with Crippen LogP contribution in [-0.4, -0.2) is 0 Å². The lowest BCUT2D eigenvalue weighted by atomic mass is 9.71. The summed E-state index contributed by atoms with van der Waals surface area (Å²) in [6.45, 7) is 4.73. The van der Waals surface area contributed by atoms with Gasteiger partial charge in [-0.15, -0.1) is 0 Å². The van der Waals surface area contributed by atoms with E-state index in [0.717, 1.165) is 0 Å². The molecule has 0 unspecified atom stereocenters. The summed E-state index contributed by atoms with van der Waals surface area (Å²) < 4.78 is 0. The summed E-state index contributed by atoms with van der Waals surface area (Å²) in [6, 6.07) is 0. The Hall–Kier alpha value is -0.520. The van der Waals surface area contributed by atoms with Crippen LogP contribution in [0.25, 0.3) is 0 Å². The molecule has 0 amide bonds. The first kappa shape index (κ1) is 8.10. The Morgan fingerprint density at radius 3 is 2.75 bits per heavy atom. The first-order valence-electron chi connectivity index (χ1n) is 5.01. The molecule has 0 spiro atoms. The number of allylic oxidation sites excluding steroid dienone is 4. The number of rotatable bonds is 0. The van der Waals surface area contributed by atoms with Gasteiger partial charge in [-0.1, -0.05) is 25.5 Å². The van der Waals surface area contributed by atoms with E-state index in [2.05, 4.69) is 26.0 Å². The van der Waals surface area contributed by atoms with E-state index >= 15 is 0 Å². The maximum absolute atomic E-state index is 3.43. The van der Waals surface area contributed by atoms with E-state index in [4.69, 9.17) is 0 Å². The van der Waals surface area contributed by atoms with Crippen molar-refractivity contribution in [2.75, 3.05) is 0 Å². The molecule has 2 aliphatic rings. The lowest BCUT2D eigenvalue weighted by Crippen LogP contribution is -2.20. The second kappa shape index (κ2) is 2.76. The fourth-order valence-electron chi connectivity index (χ4n) is 2.36. The SMILES string of the molecule is CC1(C)CC=[C]C2=C1CCCC2. The highest BCUT2D eigenvalue weighted by atomic mass is 14.3. The monoisotopic (exact) mass is 161 g/mol. The molecule has 0 fully saturated rings. The topological polar surface area (TPSA) is 0 Å². The van der Waals surface area contributed by atoms with Gasteiger partial charge in [0.15, 0.2) is 0 Å². The molecule has 2 aliphatic carbocycles. The van der Waals surface area contributed by atoms with Gasteiger partial charge in [-0.2, -0.15) is 0 Å². The van der Waals surface area contributed by atoms with Crippen LogP contribution in [0.5, 0.6) is 0 Å². The Morgan fingerprint density at radius 2 is 2.00 bits per heavy atom. The first-order valence-corrected chi connectivity index (χ1v) is 5.01. The van der Waals surface area contributed by atoms with E-state index in [9.17, 15) is 0 Å². The van der Waals surface area contributed by atoms with Crippen molar-refractivity contribution in [2.24, 2.45) is 5.41 Å². The molecule has 0 aliphatic heterocycles. The molecular weight excluding hydrogens is 144 g/mol. The van der Waals surface area contributed by atoms with Gasteiger partial charge in [0.1, 0.15) is 0 Å². The normalized spacial score (nSPS) is 27.2. The molecular formula is C12H17. The lowest BCUT2D eigenvalue weighted by molar-refractivity contribution is 0.405. The highest BCUT2D eigenvalue weighted by Gasteiger charge is 2.28. The molecule has 0 heterocycles. The minimum atomic E-state index is 0.432. The van der Waals surface area contributed by atoms with Crippen molar-refractivity contribution in [2.45, 2.75) is 46.0 Å². The fourth-order valence-corrected chi connectivity index (χ4v) is 2.36. The van der Waals surface area contributed by atoms with Crippen molar-refractivity contribution in [3.63, 3.8) is 0 Å². The average Bonchev–Trinajstić information content (AvgIpc) is 2.04. The fraction of sp³-hybridized carbons (Fsp3) is 0.667. The average molecular weight is 161 g/mol. The summed E-state index contributed by atoms with van der Waals surface area (Å²) >= 11 is 0. The van der Waals surface area contributed by atoms with E-state index in [1.54, 1.807) is 5.57 Å². The van der Waals surface area contributed by atoms with Gasteiger partial charge in [-0.25, -0.2) is 0 Å². The zero-order valence-electron chi connectivity index (χ0n) is 8.11. The highest BCUT2D eigenvalue weighted by molar-refractivity contribution is 5.32. The molecule has 12 heavy (non-hydrogen) atoms. The molecule has 0 bridgehead atoms. The molecule has 0 N–H and O–H groups in total. The minimum Gasteiger partial charge on any atom is -0.0755 e. The molecule has 0 heteroatoms. The van der Waals surface area contributed by atoms with Gasteiger partial charge in [0, 0.05) is 0 Å². The summed E-state index contributed by atoms with van der Waals surface area (Å²) in [7, 11) is 0. The minimum absolute atomic E-state index is 0.432. The molecule has 65 valence electrons. The van der Waals surface area contributed by atoms with Crippen LogP contribution in [0.15, 0.2) is 17.2 Å². The van der Waals surface area contributed by atoms with Crippen molar-refractivity contribution in [1.29, 1.82) is 0 Å². The van der Waals surface area contributed by atoms with Gasteiger partial charge in [0.2, 0.25) is 0 Å². The predicted molar refractivity (Wildman–Crippen MR) is 51.7 cm³/mol. The zero-order chi connectivity index (χ0) is 8.60. The van der Waals surface area contributed by atoms with Crippen LogP contribution in [0.1, 0.15) is 46.0 Å². The predicted octanol–water partition coefficient (Wildman–Crippen LogP) is 3.65. The molecule has 0 aromatic heterocycles. The number of hydrogen-bond donors (Lipinski definition) is 0. The highest BCUT2D eigenvalue weighted by Crippen LogP contribution is 2.42. The van der Waals surface area contributed by atoms with Gasteiger partial charge >= 0.3 is 0 Å². The van der Waals surface area contributed by atoms with Gasteiger partial charge in [-0.3, -0.25) is 0 Å². The largest absolute Gasteiger partial charge is 0.0755 e. The summed E-state index contributed by atoms with van der Waals surface area (Å²) in [5.74, 6) is 0. The summed E-state index contributed by atoms with van der Waals surface area (Å²) in [6.07, 6.45) is 12.2. The van der Waals surface area contributed by atoms with Crippen molar-refractivity contribution in [3.8, 4) is 0 Å². The van der Waals surface area contributed by atoms with Crippen LogP contribution in [-0.2, 0) is 0 Å². The summed E-state index contributed by atoms with van der Waals surface area (Å²) in [5, 5.41) is 0. The Kier molecular flexibility index (Phi) is 1.86. The molecule has 0 nitrogen and oxygen atoms in total. The second-order valence-electron chi connectivity index (χ2n) is 4.60. The van der Waals surface area contributed by atoms with Crippen LogP contribution in [0.4, 0.5) is 0 Å². The van der Waals surface area contributed by atoms with E-state index in [1.807, 2.05) is 0 Å². The van der Waals surface area contributed by atoms with Crippen molar-refractivity contribution >= 4 is 0 Å². The van der Waals surface area contributed by atoms with Crippen LogP contribution in [0.2, 0.25) is 0 Å². The first-order chi connectivity index (χ1) is 5.70. The maximum atomic E-state index is 3.43. The van der Waals surface area contributed by atoms with Crippen LogP contribution < -0.4 is 0 Å². The molecule has 0 saturated heterocycles. The third kappa shape index (κ3) is 1.24. The smallest absolute Gasteiger partial charge is 0.0104 e. The standard InChI is InChI=1S/C12H17/c1-12(2)9-5-7-10-6-3-4-8-11(10)12/h5H,3-4,6,8-9H2,1-2H3. The molecule has 0 aromatic carbocycles. The van der Waals surface area contributed by atoms with E-state index in [0.29, 0.717) is 5.41 Å². The van der Waals surface area contributed by atoms with Crippen molar-refractivity contribution < 1.29 is 0 Å². The Balaban J connectivity index is 2.36. The Morgan fingerprint density at radius 1 is 1.25 bits per heavy atom. The van der Waals surface area contributed by atoms with Gasteiger partial charge in [0.05, 0.1) is 0 Å². The zero-order valence-corrected chi connectivity index (χ0v) is 8.11. The van der Waals surface area contributed by atoms with Crippen LogP contribution in [0, 0.1) is 11.5 Å². The second-order valence-corrected chi connectivity index (χ2v) is 4.60. The third-order valence-corrected chi connectivity index (χ3v) is 3.17. The van der Waals surface area contributed by atoms with Gasteiger partial charge < -0.3 is 0 Å². The Bertz CT molecular complexity index is 241. The van der Waals surface area contributed by atoms with Gasteiger partial charge in [0.25, 0.3) is 0 Å². The molecule has 2 rings (SSSR count). The molecule has 0 saturated carbocycles. The lowest BCUT2D eigenvalue weighted by Gasteiger charge is -2.34. The Labute approximate surface area is 75.4 Å². The van der Waals surface area contributed by atoms with E-state index in [1.165, 1.54) is 37.7 Å². The third-order valence-electron chi connectivity index (χ3n) is 3.17. The summed E-state index contributed by atoms with van der Waals surface area (Å²) in [5.41, 5.74) is 3.65. The van der Waals surface area contributed by atoms with E-state index < -0.39 is 0 Å². The quantitative estimate of drug-likeness (QED) is 0.508. The molecule has 0 atom stereocenters. The van der Waals surface area contributed by atoms with Crippen LogP contribution in [0.3, 0.4) is 0 Å². The summed E-state index contributed by atoms with van der Waals surface area (Å²) in [4.78, 5) is 0. The van der Waals surface area contributed by atoms with Crippen molar-refractivity contribution in [3.05, 3.63) is 23.3 Å². The maximum Gasteiger partial charge on any atom is -0.0104 e. The molecule has 0 aromatic rings.